The highest BCUT2D eigenvalue weighted by Crippen LogP contribution is 2.08. The van der Waals surface area contributed by atoms with Gasteiger partial charge in [0, 0.05) is 19.3 Å². The molecule has 0 aromatic heterocycles. The molecule has 1 aliphatic rings. The maximum Gasteiger partial charge on any atom is 0.315 e. The molecule has 1 heterocycles. The molecule has 0 unspecified atom stereocenters. The van der Waals surface area contributed by atoms with E-state index in [9.17, 15) is 9.90 Å². The summed E-state index contributed by atoms with van der Waals surface area (Å²) in [6, 6.07) is 9.52. The summed E-state index contributed by atoms with van der Waals surface area (Å²) in [6.45, 7) is 1.39. The third-order valence-electron chi connectivity index (χ3n) is 3.67. The summed E-state index contributed by atoms with van der Waals surface area (Å²) in [5.74, 6) is 0. The highest BCUT2D eigenvalue weighted by Gasteiger charge is 2.17. The minimum Gasteiger partial charge on any atom is -0.394 e. The van der Waals surface area contributed by atoms with Crippen LogP contribution in [0.2, 0.25) is 0 Å². The number of aliphatic hydroxyl groups excluding tert-OH is 1. The van der Waals surface area contributed by atoms with Crippen molar-refractivity contribution in [2.45, 2.75) is 37.8 Å². The van der Waals surface area contributed by atoms with Crippen LogP contribution < -0.4 is 10.6 Å². The largest absolute Gasteiger partial charge is 0.394 e. The first-order chi connectivity index (χ1) is 10.3. The van der Waals surface area contributed by atoms with Crippen molar-refractivity contribution in [2.24, 2.45) is 0 Å². The monoisotopic (exact) mass is 292 g/mol. The smallest absolute Gasteiger partial charge is 0.315 e. The molecule has 21 heavy (non-hydrogen) atoms. The predicted octanol–water partition coefficient (Wildman–Crippen LogP) is 1.46. The summed E-state index contributed by atoms with van der Waals surface area (Å²) in [7, 11) is 0. The van der Waals surface area contributed by atoms with Crippen LogP contribution in [0.5, 0.6) is 0 Å². The number of hydrogen-bond acceptors (Lipinski definition) is 3. The Morgan fingerprint density at radius 3 is 2.86 bits per heavy atom. The number of amides is 2. The fourth-order valence-electron chi connectivity index (χ4n) is 2.52. The lowest BCUT2D eigenvalue weighted by atomic mass is 10.1. The van der Waals surface area contributed by atoms with Crippen molar-refractivity contribution in [1.82, 2.24) is 10.6 Å². The van der Waals surface area contributed by atoms with Gasteiger partial charge in [0.1, 0.15) is 0 Å². The highest BCUT2D eigenvalue weighted by atomic mass is 16.5. The molecular weight excluding hydrogens is 268 g/mol. The molecule has 0 bridgehead atoms. The molecule has 2 rings (SSSR count). The SMILES string of the molecule is O=C(N[C@@H]1CCCOCC1)N[C@H](CO)Cc1ccccc1. The van der Waals surface area contributed by atoms with E-state index in [1.54, 1.807) is 0 Å². The van der Waals surface area contributed by atoms with Gasteiger partial charge in [0.2, 0.25) is 0 Å². The number of hydrogen-bond donors (Lipinski definition) is 3. The Bertz CT molecular complexity index is 417. The van der Waals surface area contributed by atoms with E-state index >= 15 is 0 Å². The summed E-state index contributed by atoms with van der Waals surface area (Å²) < 4.78 is 5.38. The first-order valence-electron chi connectivity index (χ1n) is 7.57. The Morgan fingerprint density at radius 2 is 2.10 bits per heavy atom. The van der Waals surface area contributed by atoms with Gasteiger partial charge in [-0.15, -0.1) is 0 Å². The van der Waals surface area contributed by atoms with E-state index in [4.69, 9.17) is 4.74 Å². The normalized spacial score (nSPS) is 20.3. The lowest BCUT2D eigenvalue weighted by Crippen LogP contribution is -2.48. The maximum atomic E-state index is 12.0. The maximum absolute atomic E-state index is 12.0. The lowest BCUT2D eigenvalue weighted by Gasteiger charge is -2.20. The molecule has 1 fully saturated rings. The van der Waals surface area contributed by atoms with E-state index in [-0.39, 0.29) is 24.7 Å². The van der Waals surface area contributed by atoms with Gasteiger partial charge in [-0.2, -0.15) is 0 Å². The molecule has 5 heteroatoms. The van der Waals surface area contributed by atoms with E-state index in [0.29, 0.717) is 13.0 Å². The van der Waals surface area contributed by atoms with Gasteiger partial charge in [-0.3, -0.25) is 0 Å². The van der Waals surface area contributed by atoms with Crippen LogP contribution in [0.4, 0.5) is 4.79 Å². The standard InChI is InChI=1S/C16H24N2O3/c19-12-15(11-13-5-2-1-3-6-13)18-16(20)17-14-7-4-9-21-10-8-14/h1-3,5-6,14-15,19H,4,7-12H2,(H2,17,18,20)/t14-,15+/m1/s1. The fraction of sp³-hybridized carbons (Fsp3) is 0.562. The zero-order valence-electron chi connectivity index (χ0n) is 12.3. The fourth-order valence-corrected chi connectivity index (χ4v) is 2.52. The van der Waals surface area contributed by atoms with Gasteiger partial charge < -0.3 is 20.5 Å². The average molecular weight is 292 g/mol. The number of rotatable bonds is 5. The van der Waals surface area contributed by atoms with E-state index in [1.807, 2.05) is 30.3 Å². The van der Waals surface area contributed by atoms with Gasteiger partial charge in [-0.25, -0.2) is 4.79 Å². The third kappa shape index (κ3) is 5.73. The molecule has 1 aromatic rings. The molecule has 1 aliphatic heterocycles. The number of urea groups is 1. The molecule has 0 aliphatic carbocycles. The van der Waals surface area contributed by atoms with Crippen LogP contribution in [0.1, 0.15) is 24.8 Å². The predicted molar refractivity (Wildman–Crippen MR) is 81.1 cm³/mol. The molecule has 0 saturated carbocycles. The summed E-state index contributed by atoms with van der Waals surface area (Å²) in [5.41, 5.74) is 1.10. The first-order valence-corrected chi connectivity index (χ1v) is 7.57. The Balaban J connectivity index is 1.79. The zero-order chi connectivity index (χ0) is 14.9. The number of ether oxygens (including phenoxy) is 1. The van der Waals surface area contributed by atoms with Crippen LogP contribution in [0, 0.1) is 0 Å². The molecule has 1 aromatic carbocycles. The van der Waals surface area contributed by atoms with Crippen molar-refractivity contribution in [1.29, 1.82) is 0 Å². The van der Waals surface area contributed by atoms with Gasteiger partial charge in [0.05, 0.1) is 12.6 Å². The first kappa shape index (κ1) is 15.8. The van der Waals surface area contributed by atoms with Crippen LogP contribution in [0.25, 0.3) is 0 Å². The minimum absolute atomic E-state index is 0.0733. The lowest BCUT2D eigenvalue weighted by molar-refractivity contribution is 0.142. The molecule has 2 atom stereocenters. The van der Waals surface area contributed by atoms with Crippen molar-refractivity contribution in [3.63, 3.8) is 0 Å². The Labute approximate surface area is 125 Å². The molecule has 0 radical (unpaired) electrons. The second kappa shape index (κ2) is 8.64. The average Bonchev–Trinajstić information content (AvgIpc) is 2.76. The summed E-state index contributed by atoms with van der Waals surface area (Å²) >= 11 is 0. The van der Waals surface area contributed by atoms with E-state index in [2.05, 4.69) is 10.6 Å². The highest BCUT2D eigenvalue weighted by molar-refractivity contribution is 5.74. The molecule has 0 spiro atoms. The van der Waals surface area contributed by atoms with Gasteiger partial charge in [0.25, 0.3) is 0 Å². The summed E-state index contributed by atoms with van der Waals surface area (Å²) in [6.07, 6.45) is 3.38. The molecule has 5 nitrogen and oxygen atoms in total. The zero-order valence-corrected chi connectivity index (χ0v) is 12.3. The van der Waals surface area contributed by atoms with Crippen LogP contribution in [-0.4, -0.2) is 43.0 Å². The van der Waals surface area contributed by atoms with Crippen molar-refractivity contribution >= 4 is 6.03 Å². The van der Waals surface area contributed by atoms with Crippen LogP contribution in [-0.2, 0) is 11.2 Å². The number of carbonyl (C=O) groups is 1. The van der Waals surface area contributed by atoms with Gasteiger partial charge in [-0.1, -0.05) is 30.3 Å². The van der Waals surface area contributed by atoms with Crippen LogP contribution >= 0.6 is 0 Å². The Hall–Kier alpha value is -1.59. The minimum atomic E-state index is -0.269. The Kier molecular flexibility index (Phi) is 6.50. The van der Waals surface area contributed by atoms with Gasteiger partial charge in [-0.05, 0) is 31.2 Å². The number of benzene rings is 1. The molecule has 2 amide bonds. The second-order valence-corrected chi connectivity index (χ2v) is 5.43. The van der Waals surface area contributed by atoms with Crippen molar-refractivity contribution < 1.29 is 14.6 Å². The Morgan fingerprint density at radius 1 is 1.29 bits per heavy atom. The van der Waals surface area contributed by atoms with E-state index in [0.717, 1.165) is 31.4 Å². The summed E-state index contributed by atoms with van der Waals surface area (Å²) in [5, 5.41) is 15.2. The molecule has 1 saturated heterocycles. The quantitative estimate of drug-likeness (QED) is 0.769. The van der Waals surface area contributed by atoms with Crippen molar-refractivity contribution in [3.8, 4) is 0 Å². The number of aliphatic hydroxyl groups is 1. The van der Waals surface area contributed by atoms with Crippen LogP contribution in [0.15, 0.2) is 30.3 Å². The van der Waals surface area contributed by atoms with Crippen molar-refractivity contribution in [3.05, 3.63) is 35.9 Å². The van der Waals surface area contributed by atoms with E-state index < -0.39 is 0 Å². The third-order valence-corrected chi connectivity index (χ3v) is 3.67. The van der Waals surface area contributed by atoms with Gasteiger partial charge in [0.15, 0.2) is 0 Å². The summed E-state index contributed by atoms with van der Waals surface area (Å²) in [4.78, 5) is 12.0. The number of nitrogens with one attached hydrogen (secondary N) is 2. The number of carbonyl (C=O) groups excluding carboxylic acids is 1. The van der Waals surface area contributed by atoms with E-state index in [1.165, 1.54) is 0 Å². The molecule has 116 valence electrons. The van der Waals surface area contributed by atoms with Gasteiger partial charge >= 0.3 is 6.03 Å². The van der Waals surface area contributed by atoms with Crippen LogP contribution in [0.3, 0.4) is 0 Å². The van der Waals surface area contributed by atoms with Crippen molar-refractivity contribution in [2.75, 3.05) is 19.8 Å². The topological polar surface area (TPSA) is 70.6 Å². The molecule has 3 N–H and O–H groups in total. The molecular formula is C16H24N2O3. The second-order valence-electron chi connectivity index (χ2n) is 5.43.